The summed E-state index contributed by atoms with van der Waals surface area (Å²) in [7, 11) is 0. The van der Waals surface area contributed by atoms with Gasteiger partial charge in [-0.2, -0.15) is 0 Å². The van der Waals surface area contributed by atoms with Crippen molar-refractivity contribution in [2.75, 3.05) is 32.7 Å². The highest BCUT2D eigenvalue weighted by Gasteiger charge is 2.33. The van der Waals surface area contributed by atoms with Crippen molar-refractivity contribution < 1.29 is 38.4 Å². The fourth-order valence-corrected chi connectivity index (χ4v) is 21.2. The predicted molar refractivity (Wildman–Crippen MR) is 552 cm³/mol. The molecule has 0 aromatic carbocycles. The van der Waals surface area contributed by atoms with E-state index in [0.717, 1.165) is 128 Å². The van der Waals surface area contributed by atoms with Crippen LogP contribution >= 0.6 is 0 Å². The number of carbonyl (C=O) groups excluding carboxylic acids is 8. The average Bonchev–Trinajstić information content (AvgIpc) is 0.834. The first-order chi connectivity index (χ1) is 60.5. The molecular weight excluding hydrogens is 1580 g/mol. The van der Waals surface area contributed by atoms with Crippen molar-refractivity contribution in [3.05, 3.63) is 44.6 Å². The highest BCUT2D eigenvalue weighted by Crippen LogP contribution is 2.47. The van der Waals surface area contributed by atoms with Crippen LogP contribution in [0.1, 0.15) is 528 Å². The molecule has 4 aliphatic carbocycles. The van der Waals surface area contributed by atoms with Crippen molar-refractivity contribution in [1.82, 2.24) is 26.6 Å². The summed E-state index contributed by atoms with van der Waals surface area (Å²) in [5.74, 6) is 5.15. The summed E-state index contributed by atoms with van der Waals surface area (Å²) in [5, 5.41) is 14.6. The number of nitrogens with one attached hydrogen (secondary N) is 5. The molecule has 0 spiro atoms. The van der Waals surface area contributed by atoms with Gasteiger partial charge in [0.1, 0.15) is 17.3 Å². The normalized spacial score (nSPS) is 18.2. The summed E-state index contributed by atoms with van der Waals surface area (Å²) in [5.41, 5.74) is 14.9. The van der Waals surface area contributed by atoms with Crippen molar-refractivity contribution in [2.24, 2.45) is 80.8 Å². The zero-order chi connectivity index (χ0) is 96.9. The maximum atomic E-state index is 13.3. The minimum Gasteiger partial charge on any atom is -0.357 e. The van der Waals surface area contributed by atoms with E-state index in [-0.39, 0.29) is 52.9 Å². The first-order valence-electron chi connectivity index (χ1n) is 54.1. The first kappa shape index (κ1) is 123. The van der Waals surface area contributed by atoms with E-state index in [1.807, 2.05) is 34.6 Å². The molecule has 0 heterocycles. The van der Waals surface area contributed by atoms with E-state index >= 15 is 0 Å². The fourth-order valence-electron chi connectivity index (χ4n) is 21.2. The van der Waals surface area contributed by atoms with E-state index in [4.69, 9.17) is 0 Å². The van der Waals surface area contributed by atoms with Gasteiger partial charge in [0, 0.05) is 103 Å². The van der Waals surface area contributed by atoms with Gasteiger partial charge in [-0.25, -0.2) is 0 Å². The molecular formula is C115H213N5O8. The number of allylic oxidation sites excluding steroid dienone is 8. The number of unbranched alkanes of at least 4 members (excludes halogenated alkanes) is 5. The second-order valence-corrected chi connectivity index (χ2v) is 44.5. The summed E-state index contributed by atoms with van der Waals surface area (Å²) in [6.45, 7) is 66.4. The molecule has 0 aromatic rings. The lowest BCUT2D eigenvalue weighted by Gasteiger charge is -2.35. The van der Waals surface area contributed by atoms with E-state index in [0.29, 0.717) is 140 Å². The van der Waals surface area contributed by atoms with Crippen LogP contribution < -0.4 is 26.6 Å². The third-order valence-corrected chi connectivity index (χ3v) is 29.6. The van der Waals surface area contributed by atoms with Crippen molar-refractivity contribution in [3.8, 4) is 0 Å². The van der Waals surface area contributed by atoms with Crippen LogP contribution in [0.15, 0.2) is 44.6 Å². The molecule has 0 saturated heterocycles. The lowest BCUT2D eigenvalue weighted by atomic mass is 9.70. The summed E-state index contributed by atoms with van der Waals surface area (Å²) < 4.78 is 0. The maximum absolute atomic E-state index is 13.3. The van der Waals surface area contributed by atoms with Crippen LogP contribution in [0, 0.1) is 80.8 Å². The van der Waals surface area contributed by atoms with Crippen LogP contribution in [0.2, 0.25) is 0 Å². The largest absolute Gasteiger partial charge is 0.357 e. The highest BCUT2D eigenvalue weighted by molar-refractivity contribution is 5.87. The summed E-state index contributed by atoms with van der Waals surface area (Å²) in [6.07, 6.45) is 55.3. The fraction of sp³-hybridized carbons (Fsp3) is 0.861. The van der Waals surface area contributed by atoms with E-state index in [9.17, 15) is 38.4 Å². The number of ketones is 3. The topological polar surface area (TPSA) is 197 Å². The van der Waals surface area contributed by atoms with E-state index in [2.05, 4.69) is 179 Å². The minimum absolute atomic E-state index is 0.00368. The van der Waals surface area contributed by atoms with Gasteiger partial charge in [-0.15, -0.1) is 0 Å². The Balaban J connectivity index is 0.00000211. The number of hydrogen-bond donors (Lipinski definition) is 5. The third kappa shape index (κ3) is 57.8. The minimum atomic E-state index is -0.278. The molecule has 13 nitrogen and oxygen atoms in total. The van der Waals surface area contributed by atoms with Gasteiger partial charge in [-0.05, 0) is 284 Å². The van der Waals surface area contributed by atoms with E-state index in [1.165, 1.54) is 180 Å². The third-order valence-electron chi connectivity index (χ3n) is 29.6. The highest BCUT2D eigenvalue weighted by atomic mass is 16.2. The van der Waals surface area contributed by atoms with Crippen molar-refractivity contribution in [2.45, 2.75) is 528 Å². The molecule has 10 atom stereocenters. The predicted octanol–water partition coefficient (Wildman–Crippen LogP) is 31.4. The molecule has 746 valence electrons. The molecule has 0 fully saturated rings. The van der Waals surface area contributed by atoms with Crippen LogP contribution in [-0.4, -0.2) is 79.6 Å². The van der Waals surface area contributed by atoms with Gasteiger partial charge >= 0.3 is 0 Å². The van der Waals surface area contributed by atoms with Gasteiger partial charge in [-0.3, -0.25) is 38.4 Å². The molecule has 0 saturated carbocycles. The Labute approximate surface area is 793 Å². The average molecular weight is 1790 g/mol. The van der Waals surface area contributed by atoms with Gasteiger partial charge < -0.3 is 26.6 Å². The molecule has 13 heteroatoms. The molecule has 0 aliphatic heterocycles. The van der Waals surface area contributed by atoms with Gasteiger partial charge in [-0.1, -0.05) is 299 Å². The van der Waals surface area contributed by atoms with Crippen LogP contribution in [0.3, 0.4) is 0 Å². The van der Waals surface area contributed by atoms with Gasteiger partial charge in [0.15, 0.2) is 0 Å². The monoisotopic (exact) mass is 1790 g/mol. The standard InChI is InChI=1S/C52H93NO3.C49H88N2O3.C8H17NO.C4H9NO.C2H6/c1-12-13-35-53-50(56)45(38-47(55)37-42(5)24-18-22-40(3)30-32-49-44(7)26-20-34-52(49,10)11)27-15-14-16-28-46(54)36-41(4)23-17-21-39(2)29-31-48-43(6)25-19-33-51(48,8)9;1-12-50-47(54)42(35-43(52)33-38(4)21-15-19-36(2)26-28-44-40(6)23-17-30-48(44,8)9)25-13-14-32-51-46(53)34-39(5)22-16-20-37(3)27-29-45-41(7)24-18-31-49(45,10)11;1-3-5-7-9-8(10)6-4-2;1-3-5-4(2)6;1-2/h39-42,45H,12-38H2,1-11H3,(H,53,56);36-39,42H,12-35H2,1-11H3,(H,50,54)(H,51,53);3-7H2,1-2H3,(H,9,10);3H2,1-2H3,(H,5,6);1-2H3. The molecule has 4 aliphatic rings. The Hall–Kier alpha value is -4.68. The quantitative estimate of drug-likeness (QED) is 0.0293. The number of carbonyl (C=O) groups is 8. The summed E-state index contributed by atoms with van der Waals surface area (Å²) >= 11 is 0. The molecule has 128 heavy (non-hydrogen) atoms. The van der Waals surface area contributed by atoms with E-state index in [1.54, 1.807) is 44.6 Å². The number of hydrogen-bond acceptors (Lipinski definition) is 8. The van der Waals surface area contributed by atoms with Crippen LogP contribution in [0.5, 0.6) is 0 Å². The maximum Gasteiger partial charge on any atom is 0.223 e. The Bertz CT molecular complexity index is 3200. The molecule has 10 unspecified atom stereocenters. The Morgan fingerprint density at radius 1 is 0.289 bits per heavy atom. The van der Waals surface area contributed by atoms with Crippen molar-refractivity contribution in [3.63, 3.8) is 0 Å². The summed E-state index contributed by atoms with van der Waals surface area (Å²) in [4.78, 5) is 98.7. The van der Waals surface area contributed by atoms with Crippen LogP contribution in [-0.2, 0) is 38.4 Å². The smallest absolute Gasteiger partial charge is 0.223 e. The van der Waals surface area contributed by atoms with Gasteiger partial charge in [0.25, 0.3) is 0 Å². The van der Waals surface area contributed by atoms with Crippen LogP contribution in [0.4, 0.5) is 0 Å². The van der Waals surface area contributed by atoms with Gasteiger partial charge in [0.2, 0.25) is 29.5 Å². The van der Waals surface area contributed by atoms with E-state index < -0.39 is 0 Å². The number of Topliss-reactive ketones (excluding diaryl/α,β-unsaturated/α-hetero) is 3. The molecule has 0 bridgehead atoms. The number of rotatable bonds is 63. The lowest BCUT2D eigenvalue weighted by molar-refractivity contribution is -0.130. The molecule has 4 rings (SSSR count). The Kier molecular flexibility index (Phi) is 68.3. The zero-order valence-corrected chi connectivity index (χ0v) is 89.8. The Morgan fingerprint density at radius 3 is 0.898 bits per heavy atom. The molecule has 5 N–H and O–H groups in total. The SMILES string of the molecule is CC.CCCCNC(=O)C(CCCCCC(=O)CC(C)CCCC(C)CCC1=C(C)CCCC1(C)C)CC(=O)CC(C)CCCC(C)CCC1=C(C)CCCC1(C)C.CCCCNC(=O)CCC.CCNC(=O)C(CCCCNC(=O)CC(C)CCCC(C)CCC1=C(C)CCCC1(C)C)CC(=O)CC(C)CCCC(C)CCC1=C(C)CCCC1(C)C.CCNC(C)=O. The van der Waals surface area contributed by atoms with Crippen molar-refractivity contribution in [1.29, 1.82) is 0 Å². The van der Waals surface area contributed by atoms with Gasteiger partial charge in [0.05, 0.1) is 0 Å². The molecule has 5 amide bonds. The summed E-state index contributed by atoms with van der Waals surface area (Å²) in [6, 6.07) is 0. The lowest BCUT2D eigenvalue weighted by Crippen LogP contribution is -2.33. The number of amides is 5. The van der Waals surface area contributed by atoms with Crippen molar-refractivity contribution >= 4 is 46.9 Å². The first-order valence-corrected chi connectivity index (χ1v) is 54.1. The second-order valence-electron chi connectivity index (χ2n) is 44.5. The van der Waals surface area contributed by atoms with Crippen LogP contribution in [0.25, 0.3) is 0 Å². The Morgan fingerprint density at radius 2 is 0.586 bits per heavy atom. The molecule has 0 aromatic heterocycles. The second kappa shape index (κ2) is 70.9. The molecule has 0 radical (unpaired) electrons. The zero-order valence-electron chi connectivity index (χ0n) is 89.8.